The van der Waals surface area contributed by atoms with E-state index in [9.17, 15) is 0 Å². The van der Waals surface area contributed by atoms with Gasteiger partial charge in [0.2, 0.25) is 0 Å². The zero-order chi connectivity index (χ0) is 11.7. The summed E-state index contributed by atoms with van der Waals surface area (Å²) in [5.74, 6) is 2.14. The summed E-state index contributed by atoms with van der Waals surface area (Å²) in [6.07, 6.45) is 0. The standard InChI is InChI=1S/C11H15N5/c1-7(2)16-8(3)14-15-11(16)9-5-4-6-10(12)13-9/h4-7H,1-3H3,(H2,12,13). The summed E-state index contributed by atoms with van der Waals surface area (Å²) >= 11 is 0. The van der Waals surface area contributed by atoms with E-state index in [1.54, 1.807) is 6.07 Å². The van der Waals surface area contributed by atoms with Crippen LogP contribution in [0.4, 0.5) is 5.82 Å². The highest BCUT2D eigenvalue weighted by Crippen LogP contribution is 2.20. The zero-order valence-electron chi connectivity index (χ0n) is 9.68. The van der Waals surface area contributed by atoms with Gasteiger partial charge in [-0.05, 0) is 32.9 Å². The van der Waals surface area contributed by atoms with Crippen molar-refractivity contribution in [2.45, 2.75) is 26.8 Å². The topological polar surface area (TPSA) is 69.6 Å². The first-order valence-corrected chi connectivity index (χ1v) is 5.24. The van der Waals surface area contributed by atoms with Gasteiger partial charge in [0.25, 0.3) is 0 Å². The lowest BCUT2D eigenvalue weighted by atomic mass is 10.3. The molecule has 0 aliphatic rings. The maximum atomic E-state index is 5.66. The number of aromatic nitrogens is 4. The molecular formula is C11H15N5. The van der Waals surface area contributed by atoms with Crippen LogP contribution in [-0.4, -0.2) is 19.7 Å². The van der Waals surface area contributed by atoms with Crippen LogP contribution in [-0.2, 0) is 0 Å². The average molecular weight is 217 g/mol. The second kappa shape index (κ2) is 3.92. The molecule has 5 heteroatoms. The monoisotopic (exact) mass is 217 g/mol. The van der Waals surface area contributed by atoms with Crippen LogP contribution in [0.3, 0.4) is 0 Å². The third-order valence-corrected chi connectivity index (χ3v) is 2.38. The molecule has 2 rings (SSSR count). The maximum Gasteiger partial charge on any atom is 0.182 e. The van der Waals surface area contributed by atoms with Gasteiger partial charge >= 0.3 is 0 Å². The Labute approximate surface area is 94.3 Å². The lowest BCUT2D eigenvalue weighted by Crippen LogP contribution is -2.06. The van der Waals surface area contributed by atoms with Gasteiger partial charge in [0.15, 0.2) is 5.82 Å². The van der Waals surface area contributed by atoms with E-state index in [2.05, 4.69) is 29.0 Å². The van der Waals surface area contributed by atoms with E-state index in [1.165, 1.54) is 0 Å². The molecule has 5 nitrogen and oxygen atoms in total. The molecule has 0 radical (unpaired) electrons. The number of aryl methyl sites for hydroxylation is 1. The van der Waals surface area contributed by atoms with Crippen molar-refractivity contribution in [2.24, 2.45) is 0 Å². The molecule has 2 aromatic rings. The van der Waals surface area contributed by atoms with Crippen molar-refractivity contribution in [3.63, 3.8) is 0 Å². The van der Waals surface area contributed by atoms with E-state index >= 15 is 0 Å². The molecule has 2 N–H and O–H groups in total. The Morgan fingerprint density at radius 1 is 1.25 bits per heavy atom. The van der Waals surface area contributed by atoms with E-state index in [4.69, 9.17) is 5.73 Å². The number of nitrogen functional groups attached to an aromatic ring is 1. The number of nitrogens with two attached hydrogens (primary N) is 1. The molecule has 0 aliphatic heterocycles. The minimum Gasteiger partial charge on any atom is -0.384 e. The van der Waals surface area contributed by atoms with E-state index < -0.39 is 0 Å². The van der Waals surface area contributed by atoms with Crippen LogP contribution in [0.5, 0.6) is 0 Å². The molecule has 0 spiro atoms. The van der Waals surface area contributed by atoms with E-state index in [0.29, 0.717) is 11.9 Å². The first-order valence-electron chi connectivity index (χ1n) is 5.24. The fraction of sp³-hybridized carbons (Fsp3) is 0.364. The summed E-state index contributed by atoms with van der Waals surface area (Å²) in [5.41, 5.74) is 6.42. The van der Waals surface area contributed by atoms with Gasteiger partial charge in [0.1, 0.15) is 17.3 Å². The summed E-state index contributed by atoms with van der Waals surface area (Å²) in [5, 5.41) is 8.22. The zero-order valence-corrected chi connectivity index (χ0v) is 9.68. The molecule has 0 unspecified atom stereocenters. The molecule has 0 saturated carbocycles. The van der Waals surface area contributed by atoms with Crippen LogP contribution in [0.2, 0.25) is 0 Å². The van der Waals surface area contributed by atoms with Crippen LogP contribution in [0.15, 0.2) is 18.2 Å². The van der Waals surface area contributed by atoms with Gasteiger partial charge in [-0.2, -0.15) is 0 Å². The number of hydrogen-bond donors (Lipinski definition) is 1. The molecule has 0 saturated heterocycles. The van der Waals surface area contributed by atoms with Crippen LogP contribution >= 0.6 is 0 Å². The highest BCUT2D eigenvalue weighted by molar-refractivity contribution is 5.52. The Bertz CT molecular complexity index is 501. The smallest absolute Gasteiger partial charge is 0.182 e. The highest BCUT2D eigenvalue weighted by atomic mass is 15.3. The molecule has 2 aromatic heterocycles. The quantitative estimate of drug-likeness (QED) is 0.832. The molecule has 0 aromatic carbocycles. The largest absolute Gasteiger partial charge is 0.384 e. The lowest BCUT2D eigenvalue weighted by Gasteiger charge is -2.11. The van der Waals surface area contributed by atoms with Crippen molar-refractivity contribution in [2.75, 3.05) is 5.73 Å². The lowest BCUT2D eigenvalue weighted by molar-refractivity contribution is 0.587. The van der Waals surface area contributed by atoms with Crippen LogP contribution < -0.4 is 5.73 Å². The second-order valence-corrected chi connectivity index (χ2v) is 3.98. The fourth-order valence-electron chi connectivity index (χ4n) is 1.74. The number of anilines is 1. The SMILES string of the molecule is Cc1nnc(-c2cccc(N)n2)n1C(C)C. The van der Waals surface area contributed by atoms with Gasteiger partial charge in [-0.3, -0.25) is 0 Å². The summed E-state index contributed by atoms with van der Waals surface area (Å²) in [4.78, 5) is 4.25. The summed E-state index contributed by atoms with van der Waals surface area (Å²) in [7, 11) is 0. The summed E-state index contributed by atoms with van der Waals surface area (Å²) in [6.45, 7) is 6.11. The number of pyridine rings is 1. The number of hydrogen-bond acceptors (Lipinski definition) is 4. The molecule has 16 heavy (non-hydrogen) atoms. The van der Waals surface area contributed by atoms with Crippen LogP contribution in [0.25, 0.3) is 11.5 Å². The Kier molecular flexibility index (Phi) is 2.60. The van der Waals surface area contributed by atoms with E-state index in [-0.39, 0.29) is 0 Å². The molecule has 84 valence electrons. The fourth-order valence-corrected chi connectivity index (χ4v) is 1.74. The van der Waals surface area contributed by atoms with Crippen molar-refractivity contribution in [3.8, 4) is 11.5 Å². The molecule has 0 fully saturated rings. The molecule has 0 bridgehead atoms. The van der Waals surface area contributed by atoms with Gasteiger partial charge in [-0.25, -0.2) is 4.98 Å². The Morgan fingerprint density at radius 3 is 2.62 bits per heavy atom. The van der Waals surface area contributed by atoms with Gasteiger partial charge in [-0.15, -0.1) is 10.2 Å². The minimum absolute atomic E-state index is 0.299. The Hall–Kier alpha value is -1.91. The molecular weight excluding hydrogens is 202 g/mol. The number of rotatable bonds is 2. The van der Waals surface area contributed by atoms with Crippen molar-refractivity contribution in [1.29, 1.82) is 0 Å². The summed E-state index contributed by atoms with van der Waals surface area (Å²) < 4.78 is 2.04. The third-order valence-electron chi connectivity index (χ3n) is 2.38. The van der Waals surface area contributed by atoms with Crippen molar-refractivity contribution in [1.82, 2.24) is 19.7 Å². The Morgan fingerprint density at radius 2 is 2.00 bits per heavy atom. The van der Waals surface area contributed by atoms with Gasteiger partial charge in [0.05, 0.1) is 0 Å². The van der Waals surface area contributed by atoms with E-state index in [0.717, 1.165) is 17.3 Å². The number of nitrogens with zero attached hydrogens (tertiary/aromatic N) is 4. The molecule has 2 heterocycles. The van der Waals surface area contributed by atoms with Gasteiger partial charge in [0, 0.05) is 6.04 Å². The highest BCUT2D eigenvalue weighted by Gasteiger charge is 2.14. The minimum atomic E-state index is 0.299. The third kappa shape index (κ3) is 1.76. The molecule has 0 aliphatic carbocycles. The first-order chi connectivity index (χ1) is 7.59. The second-order valence-electron chi connectivity index (χ2n) is 3.98. The van der Waals surface area contributed by atoms with Crippen molar-refractivity contribution >= 4 is 5.82 Å². The molecule has 0 amide bonds. The Balaban J connectivity index is 2.56. The van der Waals surface area contributed by atoms with Crippen LogP contribution in [0.1, 0.15) is 25.7 Å². The predicted molar refractivity (Wildman–Crippen MR) is 62.8 cm³/mol. The predicted octanol–water partition coefficient (Wildman–Crippen LogP) is 1.81. The molecule has 0 atom stereocenters. The van der Waals surface area contributed by atoms with E-state index in [1.807, 2.05) is 23.6 Å². The van der Waals surface area contributed by atoms with Crippen molar-refractivity contribution < 1.29 is 0 Å². The normalized spacial score (nSPS) is 11.0. The maximum absolute atomic E-state index is 5.66. The van der Waals surface area contributed by atoms with Gasteiger partial charge < -0.3 is 10.3 Å². The average Bonchev–Trinajstić information content (AvgIpc) is 2.60. The summed E-state index contributed by atoms with van der Waals surface area (Å²) in [6, 6.07) is 5.81. The first kappa shape index (κ1) is 10.6. The van der Waals surface area contributed by atoms with Crippen LogP contribution in [0, 0.1) is 6.92 Å². The van der Waals surface area contributed by atoms with Gasteiger partial charge in [-0.1, -0.05) is 6.07 Å². The van der Waals surface area contributed by atoms with Crippen molar-refractivity contribution in [3.05, 3.63) is 24.0 Å².